The van der Waals surface area contributed by atoms with Gasteiger partial charge in [-0.25, -0.2) is 9.79 Å². The van der Waals surface area contributed by atoms with Crippen LogP contribution in [-0.2, 0) is 19.6 Å². The van der Waals surface area contributed by atoms with Crippen molar-refractivity contribution in [1.82, 2.24) is 0 Å². The number of benzene rings is 3. The zero-order chi connectivity index (χ0) is 22.0. The van der Waals surface area contributed by atoms with E-state index in [0.717, 1.165) is 0 Å². The molecule has 0 atom stereocenters. The lowest BCUT2D eigenvalue weighted by Crippen LogP contribution is -2.09. The smallest absolute Gasteiger partial charge is 0.363 e. The first-order chi connectivity index (χ1) is 14.8. The number of cyclic esters (lactones) is 1. The third-order valence-corrected chi connectivity index (χ3v) is 5.93. The minimum absolute atomic E-state index is 0.0142. The van der Waals surface area contributed by atoms with Gasteiger partial charge in [-0.1, -0.05) is 41.4 Å². The van der Waals surface area contributed by atoms with Gasteiger partial charge in [-0.2, -0.15) is 8.42 Å². The molecule has 1 aliphatic rings. The second kappa shape index (κ2) is 8.55. The maximum Gasteiger partial charge on any atom is 0.363 e. The molecular weight excluding hydrogens is 461 g/mol. The highest BCUT2D eigenvalue weighted by Crippen LogP contribution is 2.24. The van der Waals surface area contributed by atoms with E-state index >= 15 is 0 Å². The Labute approximate surface area is 188 Å². The predicted molar refractivity (Wildman–Crippen MR) is 118 cm³/mol. The Hall–Kier alpha value is -3.13. The van der Waals surface area contributed by atoms with Gasteiger partial charge in [0.2, 0.25) is 5.90 Å². The number of halogens is 2. The van der Waals surface area contributed by atoms with Gasteiger partial charge >= 0.3 is 16.1 Å². The first kappa shape index (κ1) is 21.1. The first-order valence-electron chi connectivity index (χ1n) is 8.89. The Kier molecular flexibility index (Phi) is 5.82. The molecule has 31 heavy (non-hydrogen) atoms. The highest BCUT2D eigenvalue weighted by Gasteiger charge is 2.24. The van der Waals surface area contributed by atoms with Crippen molar-refractivity contribution >= 4 is 51.3 Å². The maximum atomic E-state index is 12.3. The Morgan fingerprint density at radius 1 is 0.903 bits per heavy atom. The number of hydrogen-bond acceptors (Lipinski definition) is 6. The number of esters is 1. The van der Waals surface area contributed by atoms with Crippen LogP contribution in [0.3, 0.4) is 0 Å². The predicted octanol–water partition coefficient (Wildman–Crippen LogP) is 5.11. The van der Waals surface area contributed by atoms with E-state index in [4.69, 9.17) is 32.1 Å². The van der Waals surface area contributed by atoms with Crippen molar-refractivity contribution in [3.63, 3.8) is 0 Å². The number of aliphatic imine (C=N–C) groups is 1. The van der Waals surface area contributed by atoms with Gasteiger partial charge in [-0.3, -0.25) is 0 Å². The van der Waals surface area contributed by atoms with Crippen molar-refractivity contribution in [1.29, 1.82) is 0 Å². The van der Waals surface area contributed by atoms with E-state index in [0.29, 0.717) is 21.2 Å². The summed E-state index contributed by atoms with van der Waals surface area (Å²) >= 11 is 11.7. The summed E-state index contributed by atoms with van der Waals surface area (Å²) in [6.45, 7) is 0. The quantitative estimate of drug-likeness (QED) is 0.292. The molecule has 0 amide bonds. The van der Waals surface area contributed by atoms with E-state index in [1.54, 1.807) is 36.4 Å². The highest BCUT2D eigenvalue weighted by molar-refractivity contribution is 7.87. The summed E-state index contributed by atoms with van der Waals surface area (Å²) in [7, 11) is -4.00. The Morgan fingerprint density at radius 2 is 1.61 bits per heavy atom. The van der Waals surface area contributed by atoms with E-state index in [2.05, 4.69) is 4.99 Å². The molecule has 1 aliphatic heterocycles. The van der Waals surface area contributed by atoms with Crippen molar-refractivity contribution in [3.05, 3.63) is 99.7 Å². The van der Waals surface area contributed by atoms with Crippen molar-refractivity contribution in [2.24, 2.45) is 4.99 Å². The molecule has 0 fully saturated rings. The lowest BCUT2D eigenvalue weighted by atomic mass is 10.2. The molecule has 0 spiro atoms. The molecule has 0 bridgehead atoms. The molecule has 4 rings (SSSR count). The molecule has 0 aromatic heterocycles. The van der Waals surface area contributed by atoms with Crippen molar-refractivity contribution in [2.75, 3.05) is 0 Å². The molecule has 6 nitrogen and oxygen atoms in total. The van der Waals surface area contributed by atoms with E-state index < -0.39 is 16.1 Å². The van der Waals surface area contributed by atoms with E-state index in [-0.39, 0.29) is 22.2 Å². The van der Waals surface area contributed by atoms with E-state index in [9.17, 15) is 13.2 Å². The van der Waals surface area contributed by atoms with Crippen LogP contribution in [0.25, 0.3) is 6.08 Å². The number of carbonyl (C=O) groups is 1. The van der Waals surface area contributed by atoms with Crippen LogP contribution in [0, 0.1) is 0 Å². The molecule has 156 valence electrons. The molecule has 3 aromatic carbocycles. The van der Waals surface area contributed by atoms with E-state index in [1.807, 2.05) is 0 Å². The highest BCUT2D eigenvalue weighted by atomic mass is 35.5. The first-order valence-corrected chi connectivity index (χ1v) is 11.1. The van der Waals surface area contributed by atoms with E-state index in [1.165, 1.54) is 42.5 Å². The van der Waals surface area contributed by atoms with Crippen molar-refractivity contribution < 1.29 is 22.1 Å². The van der Waals surface area contributed by atoms with Gasteiger partial charge in [0.1, 0.15) is 10.6 Å². The summed E-state index contributed by atoms with van der Waals surface area (Å²) in [6, 6.07) is 18.6. The fourth-order valence-electron chi connectivity index (χ4n) is 2.71. The SMILES string of the molecule is O=C1OC(c2cccc(Cl)c2)=N/C1=C\c1ccc(OS(=O)(=O)c2ccc(Cl)cc2)cc1. The maximum absolute atomic E-state index is 12.3. The van der Waals surface area contributed by atoms with Crippen molar-refractivity contribution in [2.45, 2.75) is 4.90 Å². The summed E-state index contributed by atoms with van der Waals surface area (Å²) in [4.78, 5) is 16.3. The number of hydrogen-bond donors (Lipinski definition) is 0. The fraction of sp³-hybridized carbons (Fsp3) is 0. The van der Waals surface area contributed by atoms with Crippen LogP contribution in [0.5, 0.6) is 5.75 Å². The standard InChI is InChI=1S/C22H13Cl2NO5S/c23-16-6-10-19(11-7-16)31(27,28)30-18-8-4-14(5-9-18)12-20-22(26)29-21(25-20)15-2-1-3-17(24)13-15/h1-13H/b20-12-. The zero-order valence-electron chi connectivity index (χ0n) is 15.7. The number of carbonyl (C=O) groups excluding carboxylic acids is 1. The molecule has 0 N–H and O–H groups in total. The number of rotatable bonds is 5. The number of nitrogens with zero attached hydrogens (tertiary/aromatic N) is 1. The lowest BCUT2D eigenvalue weighted by molar-refractivity contribution is -0.129. The van der Waals surface area contributed by atoms with Crippen molar-refractivity contribution in [3.8, 4) is 5.75 Å². The molecule has 0 saturated carbocycles. The molecule has 1 heterocycles. The summed E-state index contributed by atoms with van der Waals surface area (Å²) in [5.74, 6) is -0.317. The molecular formula is C22H13Cl2NO5S. The minimum Gasteiger partial charge on any atom is -0.402 e. The second-order valence-corrected chi connectivity index (χ2v) is 8.83. The van der Waals surface area contributed by atoms with Gasteiger partial charge in [0, 0.05) is 15.6 Å². The van der Waals surface area contributed by atoms with Crippen LogP contribution in [0.2, 0.25) is 10.0 Å². The van der Waals surface area contributed by atoms with Gasteiger partial charge in [0.05, 0.1) is 0 Å². The summed E-state index contributed by atoms with van der Waals surface area (Å²) in [6.07, 6.45) is 1.53. The van der Waals surface area contributed by atoms with Crippen LogP contribution in [0.15, 0.2) is 88.4 Å². The molecule has 0 radical (unpaired) electrons. The number of ether oxygens (including phenoxy) is 1. The van der Waals surface area contributed by atoms with Gasteiger partial charge in [0.25, 0.3) is 0 Å². The van der Waals surface area contributed by atoms with Crippen LogP contribution >= 0.6 is 23.2 Å². The average Bonchev–Trinajstić information content (AvgIpc) is 3.10. The molecule has 0 unspecified atom stereocenters. The third kappa shape index (κ3) is 4.96. The third-order valence-electron chi connectivity index (χ3n) is 4.18. The monoisotopic (exact) mass is 473 g/mol. The Morgan fingerprint density at radius 3 is 2.29 bits per heavy atom. The molecule has 9 heteroatoms. The topological polar surface area (TPSA) is 82.0 Å². The van der Waals surface area contributed by atoms with Gasteiger partial charge in [0.15, 0.2) is 5.70 Å². The fourth-order valence-corrected chi connectivity index (χ4v) is 3.95. The normalized spacial score (nSPS) is 15.0. The largest absolute Gasteiger partial charge is 0.402 e. The van der Waals surface area contributed by atoms with Gasteiger partial charge in [-0.05, 0) is 66.2 Å². The average molecular weight is 474 g/mol. The van der Waals surface area contributed by atoms with Crippen LogP contribution in [0.1, 0.15) is 11.1 Å². The second-order valence-electron chi connectivity index (χ2n) is 6.41. The van der Waals surface area contributed by atoms with Gasteiger partial charge < -0.3 is 8.92 Å². The van der Waals surface area contributed by atoms with Gasteiger partial charge in [-0.15, -0.1) is 0 Å². The summed E-state index contributed by atoms with van der Waals surface area (Å²) < 4.78 is 35.0. The molecule has 0 saturated heterocycles. The lowest BCUT2D eigenvalue weighted by Gasteiger charge is -2.07. The summed E-state index contributed by atoms with van der Waals surface area (Å²) in [5.41, 5.74) is 1.30. The summed E-state index contributed by atoms with van der Waals surface area (Å²) in [5, 5.41) is 0.917. The van der Waals surface area contributed by atoms with Crippen LogP contribution in [0.4, 0.5) is 0 Å². The van der Waals surface area contributed by atoms with Crippen LogP contribution in [-0.4, -0.2) is 20.3 Å². The molecule has 3 aromatic rings. The zero-order valence-corrected chi connectivity index (χ0v) is 18.0. The Bertz CT molecular complexity index is 1310. The molecule has 0 aliphatic carbocycles. The minimum atomic E-state index is -4.00. The van der Waals surface area contributed by atoms with Crippen LogP contribution < -0.4 is 4.18 Å². The Balaban J connectivity index is 1.52.